The Morgan fingerprint density at radius 3 is 2.84 bits per heavy atom. The zero-order valence-corrected chi connectivity index (χ0v) is 11.2. The number of hydrogen-bond donors (Lipinski definition) is 2. The molecule has 1 aliphatic rings. The topological polar surface area (TPSA) is 67.4 Å². The Balaban J connectivity index is 2.11. The van der Waals surface area contributed by atoms with E-state index in [-0.39, 0.29) is 5.91 Å². The van der Waals surface area contributed by atoms with Gasteiger partial charge in [-0.15, -0.1) is 0 Å². The monoisotopic (exact) mass is 262 g/mol. The molecular weight excluding hydrogens is 244 g/mol. The number of rotatable bonds is 3. The van der Waals surface area contributed by atoms with Gasteiger partial charge in [0.25, 0.3) is 0 Å². The van der Waals surface area contributed by atoms with Crippen LogP contribution in [0.4, 0.5) is 5.69 Å². The highest BCUT2D eigenvalue weighted by molar-refractivity contribution is 5.99. The minimum Gasteiger partial charge on any atom is -0.465 e. The maximum absolute atomic E-state index is 12.2. The molecule has 1 amide bonds. The Kier molecular flexibility index (Phi) is 3.85. The Labute approximate surface area is 112 Å². The maximum atomic E-state index is 12.2. The van der Waals surface area contributed by atoms with Crippen molar-refractivity contribution in [3.63, 3.8) is 0 Å². The molecule has 0 aliphatic carbocycles. The first-order valence-corrected chi connectivity index (χ1v) is 6.30. The van der Waals surface area contributed by atoms with Crippen molar-refractivity contribution >= 4 is 17.6 Å². The number of benzene rings is 1. The summed E-state index contributed by atoms with van der Waals surface area (Å²) in [7, 11) is 1.33. The first-order chi connectivity index (χ1) is 9.05. The third-order valence-corrected chi connectivity index (χ3v) is 3.41. The van der Waals surface area contributed by atoms with E-state index in [1.807, 2.05) is 6.92 Å². The molecule has 1 aliphatic heterocycles. The summed E-state index contributed by atoms with van der Waals surface area (Å²) < 4.78 is 4.65. The number of esters is 1. The van der Waals surface area contributed by atoms with Gasteiger partial charge in [0.05, 0.1) is 18.2 Å². The van der Waals surface area contributed by atoms with E-state index in [0.717, 1.165) is 19.4 Å². The van der Waals surface area contributed by atoms with Gasteiger partial charge in [0.2, 0.25) is 5.91 Å². The summed E-state index contributed by atoms with van der Waals surface area (Å²) in [6, 6.07) is 6.73. The molecule has 2 rings (SSSR count). The molecule has 1 atom stereocenters. The number of methoxy groups -OCH3 is 1. The second-order valence-corrected chi connectivity index (χ2v) is 4.89. The van der Waals surface area contributed by atoms with Gasteiger partial charge in [0, 0.05) is 5.69 Å². The molecule has 19 heavy (non-hydrogen) atoms. The van der Waals surface area contributed by atoms with Crippen molar-refractivity contribution in [1.82, 2.24) is 5.32 Å². The fourth-order valence-electron chi connectivity index (χ4n) is 2.20. The van der Waals surface area contributed by atoms with Crippen LogP contribution in [0.15, 0.2) is 24.3 Å². The molecule has 1 aromatic rings. The predicted molar refractivity (Wildman–Crippen MR) is 72.1 cm³/mol. The molecule has 102 valence electrons. The largest absolute Gasteiger partial charge is 0.465 e. The van der Waals surface area contributed by atoms with E-state index >= 15 is 0 Å². The van der Waals surface area contributed by atoms with Crippen LogP contribution in [0.2, 0.25) is 0 Å². The molecule has 5 heteroatoms. The van der Waals surface area contributed by atoms with E-state index in [0.29, 0.717) is 11.3 Å². The summed E-state index contributed by atoms with van der Waals surface area (Å²) >= 11 is 0. The molecule has 1 aromatic carbocycles. The number of carbonyl (C=O) groups is 2. The summed E-state index contributed by atoms with van der Waals surface area (Å²) in [4.78, 5) is 23.6. The molecule has 5 nitrogen and oxygen atoms in total. The number of ether oxygens (including phenoxy) is 1. The second kappa shape index (κ2) is 5.40. The molecule has 1 heterocycles. The molecule has 0 aromatic heterocycles. The van der Waals surface area contributed by atoms with Crippen LogP contribution in [0, 0.1) is 0 Å². The molecule has 0 bridgehead atoms. The van der Waals surface area contributed by atoms with Crippen LogP contribution in [-0.2, 0) is 9.53 Å². The highest BCUT2D eigenvalue weighted by atomic mass is 16.5. The van der Waals surface area contributed by atoms with Crippen LogP contribution in [-0.4, -0.2) is 31.1 Å². The van der Waals surface area contributed by atoms with E-state index in [1.54, 1.807) is 24.3 Å². The average molecular weight is 262 g/mol. The smallest absolute Gasteiger partial charge is 0.337 e. The highest BCUT2D eigenvalue weighted by Crippen LogP contribution is 2.21. The number of amides is 1. The fraction of sp³-hybridized carbons (Fsp3) is 0.429. The zero-order valence-electron chi connectivity index (χ0n) is 11.2. The molecule has 2 N–H and O–H groups in total. The lowest BCUT2D eigenvalue weighted by molar-refractivity contribution is -0.121. The summed E-state index contributed by atoms with van der Waals surface area (Å²) in [5.41, 5.74) is 0.494. The quantitative estimate of drug-likeness (QED) is 0.811. The first kappa shape index (κ1) is 13.5. The molecule has 1 fully saturated rings. The van der Waals surface area contributed by atoms with Gasteiger partial charge < -0.3 is 15.4 Å². The predicted octanol–water partition coefficient (Wildman–Crippen LogP) is 1.55. The lowest BCUT2D eigenvalue weighted by atomic mass is 9.99. The summed E-state index contributed by atoms with van der Waals surface area (Å²) in [5, 5.41) is 6.03. The Morgan fingerprint density at radius 2 is 2.21 bits per heavy atom. The lowest BCUT2D eigenvalue weighted by Crippen LogP contribution is -2.47. The van der Waals surface area contributed by atoms with E-state index < -0.39 is 11.5 Å². The normalized spacial score (nSPS) is 22.0. The van der Waals surface area contributed by atoms with Gasteiger partial charge in [-0.1, -0.05) is 6.07 Å². The van der Waals surface area contributed by atoms with E-state index in [4.69, 9.17) is 0 Å². The molecule has 0 spiro atoms. The van der Waals surface area contributed by atoms with Crippen molar-refractivity contribution in [1.29, 1.82) is 0 Å². The van der Waals surface area contributed by atoms with Crippen molar-refractivity contribution in [2.24, 2.45) is 0 Å². The van der Waals surface area contributed by atoms with Gasteiger partial charge in [-0.05, 0) is 44.5 Å². The summed E-state index contributed by atoms with van der Waals surface area (Å²) in [6.45, 7) is 2.74. The van der Waals surface area contributed by atoms with Crippen molar-refractivity contribution in [2.75, 3.05) is 19.0 Å². The van der Waals surface area contributed by atoms with Gasteiger partial charge in [-0.3, -0.25) is 4.79 Å². The number of carbonyl (C=O) groups excluding carboxylic acids is 2. The van der Waals surface area contributed by atoms with E-state index in [9.17, 15) is 9.59 Å². The molecule has 1 unspecified atom stereocenters. The van der Waals surface area contributed by atoms with Gasteiger partial charge in [0.15, 0.2) is 0 Å². The third kappa shape index (κ3) is 2.93. The van der Waals surface area contributed by atoms with Gasteiger partial charge in [0.1, 0.15) is 0 Å². The van der Waals surface area contributed by atoms with Crippen LogP contribution >= 0.6 is 0 Å². The van der Waals surface area contributed by atoms with Gasteiger partial charge in [-0.25, -0.2) is 4.79 Å². The molecule has 0 radical (unpaired) electrons. The maximum Gasteiger partial charge on any atom is 0.337 e. The minimum atomic E-state index is -0.527. The van der Waals surface area contributed by atoms with Crippen LogP contribution in [0.1, 0.15) is 30.1 Å². The SMILES string of the molecule is COC(=O)c1cccc(NC(=O)C2(C)CCCN2)c1. The second-order valence-electron chi connectivity index (χ2n) is 4.89. The Hall–Kier alpha value is -1.88. The summed E-state index contributed by atoms with van der Waals surface area (Å²) in [5.74, 6) is -0.492. The van der Waals surface area contributed by atoms with Crippen LogP contribution in [0.5, 0.6) is 0 Å². The lowest BCUT2D eigenvalue weighted by Gasteiger charge is -2.23. The van der Waals surface area contributed by atoms with Crippen LogP contribution in [0.25, 0.3) is 0 Å². The number of anilines is 1. The molecular formula is C14H18N2O3. The number of hydrogen-bond acceptors (Lipinski definition) is 4. The summed E-state index contributed by atoms with van der Waals surface area (Å²) in [6.07, 6.45) is 1.81. The standard InChI is InChI=1S/C14H18N2O3/c1-14(7-4-8-15-14)13(18)16-11-6-3-5-10(9-11)12(17)19-2/h3,5-6,9,15H,4,7-8H2,1-2H3,(H,16,18). The van der Waals surface area contributed by atoms with Crippen molar-refractivity contribution in [3.8, 4) is 0 Å². The van der Waals surface area contributed by atoms with Crippen molar-refractivity contribution in [3.05, 3.63) is 29.8 Å². The third-order valence-electron chi connectivity index (χ3n) is 3.41. The Morgan fingerprint density at radius 1 is 1.42 bits per heavy atom. The van der Waals surface area contributed by atoms with Gasteiger partial charge >= 0.3 is 5.97 Å². The van der Waals surface area contributed by atoms with E-state index in [1.165, 1.54) is 7.11 Å². The average Bonchev–Trinajstić information content (AvgIpc) is 2.86. The van der Waals surface area contributed by atoms with Crippen LogP contribution < -0.4 is 10.6 Å². The molecule has 0 saturated carbocycles. The van der Waals surface area contributed by atoms with Crippen molar-refractivity contribution < 1.29 is 14.3 Å². The Bertz CT molecular complexity index is 493. The number of nitrogens with one attached hydrogen (secondary N) is 2. The fourth-order valence-corrected chi connectivity index (χ4v) is 2.20. The highest BCUT2D eigenvalue weighted by Gasteiger charge is 2.35. The zero-order chi connectivity index (χ0) is 13.9. The van der Waals surface area contributed by atoms with E-state index in [2.05, 4.69) is 15.4 Å². The van der Waals surface area contributed by atoms with Gasteiger partial charge in [-0.2, -0.15) is 0 Å². The van der Waals surface area contributed by atoms with Crippen LogP contribution in [0.3, 0.4) is 0 Å². The first-order valence-electron chi connectivity index (χ1n) is 6.30. The minimum absolute atomic E-state index is 0.0768. The molecule has 1 saturated heterocycles. The van der Waals surface area contributed by atoms with Crippen molar-refractivity contribution in [2.45, 2.75) is 25.3 Å².